The van der Waals surface area contributed by atoms with E-state index in [4.69, 9.17) is 9.47 Å². The van der Waals surface area contributed by atoms with Gasteiger partial charge in [-0.25, -0.2) is 0 Å². The molecule has 3 atom stereocenters. The number of carbonyl (C=O) groups is 1. The van der Waals surface area contributed by atoms with Crippen LogP contribution in [-0.2, 0) is 16.8 Å². The van der Waals surface area contributed by atoms with Crippen molar-refractivity contribution in [2.75, 3.05) is 20.7 Å². The lowest BCUT2D eigenvalue weighted by Crippen LogP contribution is -2.48. The third kappa shape index (κ3) is 2.87. The molecule has 0 unspecified atom stereocenters. The Labute approximate surface area is 166 Å². The zero-order chi connectivity index (χ0) is 18.6. The number of nitrogens with zero attached hydrogens (tertiary/aromatic N) is 1. The maximum atomic E-state index is 13.2. The van der Waals surface area contributed by atoms with Gasteiger partial charge in [0.05, 0.1) is 18.6 Å². The third-order valence-corrected chi connectivity index (χ3v) is 6.10. The lowest BCUT2D eigenvalue weighted by molar-refractivity contribution is -0.119. The van der Waals surface area contributed by atoms with E-state index in [0.717, 1.165) is 36.4 Å². The third-order valence-electron chi connectivity index (χ3n) is 6.10. The molecule has 3 aliphatic rings. The normalized spacial score (nSPS) is 29.0. The van der Waals surface area contributed by atoms with E-state index in [9.17, 15) is 9.90 Å². The van der Waals surface area contributed by atoms with Crippen molar-refractivity contribution in [2.24, 2.45) is 5.92 Å². The molecule has 0 fully saturated rings. The smallest absolute Gasteiger partial charge is 0.166 e. The molecule has 6 heteroatoms. The number of ether oxygens (including phenoxy) is 2. The van der Waals surface area contributed by atoms with Crippen molar-refractivity contribution < 1.29 is 19.4 Å². The number of Topliss-reactive ketones (excluding diaryl/α,β-unsaturated/α-hetero) is 1. The molecule has 0 saturated carbocycles. The van der Waals surface area contributed by atoms with Crippen molar-refractivity contribution in [3.05, 3.63) is 34.9 Å². The summed E-state index contributed by atoms with van der Waals surface area (Å²) in [6.07, 6.45) is 2.19. The Kier molecular flexibility index (Phi) is 5.32. The fourth-order valence-electron chi connectivity index (χ4n) is 4.86. The Morgan fingerprint density at radius 3 is 2.81 bits per heavy atom. The minimum absolute atomic E-state index is 0. The second-order valence-electron chi connectivity index (χ2n) is 8.10. The number of methoxy groups -OCH3 is 1. The topological polar surface area (TPSA) is 59.0 Å². The summed E-state index contributed by atoms with van der Waals surface area (Å²) in [6.45, 7) is 5.52. The van der Waals surface area contributed by atoms with Crippen LogP contribution in [0.2, 0.25) is 0 Å². The van der Waals surface area contributed by atoms with Gasteiger partial charge in [0.15, 0.2) is 17.3 Å². The molecule has 0 amide bonds. The van der Waals surface area contributed by atoms with Crippen molar-refractivity contribution >= 4 is 18.2 Å². The highest BCUT2D eigenvalue weighted by molar-refractivity contribution is 6.00. The zero-order valence-electron chi connectivity index (χ0n) is 16.3. The molecule has 1 spiro atoms. The predicted octanol–water partition coefficient (Wildman–Crippen LogP) is 2.87. The molecule has 0 bridgehead atoms. The number of benzene rings is 1. The van der Waals surface area contributed by atoms with Gasteiger partial charge in [0.1, 0.15) is 6.10 Å². The van der Waals surface area contributed by atoms with E-state index in [-0.39, 0.29) is 30.2 Å². The molecule has 1 aromatic rings. The Bertz CT molecular complexity index is 791. The SMILES string of the molecule is COc1ccc2c3c1O[C@H]1C[C@@H](O)C=C(C(=O)C(C)C)[C@@]31CCN(C)C2.Cl. The highest BCUT2D eigenvalue weighted by Gasteiger charge is 2.58. The molecule has 1 aliphatic carbocycles. The Balaban J connectivity index is 0.00000210. The van der Waals surface area contributed by atoms with E-state index in [1.165, 1.54) is 5.56 Å². The monoisotopic (exact) mass is 393 g/mol. The molecule has 4 rings (SSSR count). The molecular formula is C21H28ClNO4. The lowest BCUT2D eigenvalue weighted by atomic mass is 9.62. The predicted molar refractivity (Wildman–Crippen MR) is 106 cm³/mol. The van der Waals surface area contributed by atoms with Crippen LogP contribution in [0.1, 0.15) is 37.8 Å². The molecule has 0 aromatic heterocycles. The summed E-state index contributed by atoms with van der Waals surface area (Å²) < 4.78 is 11.9. The molecule has 1 aromatic carbocycles. The zero-order valence-corrected chi connectivity index (χ0v) is 17.1. The van der Waals surface area contributed by atoms with Crippen molar-refractivity contribution in [1.82, 2.24) is 4.90 Å². The Morgan fingerprint density at radius 1 is 1.41 bits per heavy atom. The van der Waals surface area contributed by atoms with Crippen LogP contribution < -0.4 is 9.47 Å². The highest BCUT2D eigenvalue weighted by atomic mass is 35.5. The van der Waals surface area contributed by atoms with Crippen LogP contribution in [-0.4, -0.2) is 48.7 Å². The number of halogens is 1. The first-order chi connectivity index (χ1) is 12.4. The van der Waals surface area contributed by atoms with E-state index < -0.39 is 11.5 Å². The van der Waals surface area contributed by atoms with Crippen LogP contribution in [0.4, 0.5) is 0 Å². The molecule has 0 saturated heterocycles. The molecule has 148 valence electrons. The first-order valence-corrected chi connectivity index (χ1v) is 9.38. The number of ketones is 1. The van der Waals surface area contributed by atoms with Gasteiger partial charge < -0.3 is 19.5 Å². The van der Waals surface area contributed by atoms with Gasteiger partial charge in [0.2, 0.25) is 0 Å². The van der Waals surface area contributed by atoms with Crippen LogP contribution in [0.5, 0.6) is 11.5 Å². The summed E-state index contributed by atoms with van der Waals surface area (Å²) in [5, 5.41) is 10.4. The van der Waals surface area contributed by atoms with Gasteiger partial charge in [0.25, 0.3) is 0 Å². The number of hydrogen-bond donors (Lipinski definition) is 1. The molecule has 1 N–H and O–H groups in total. The summed E-state index contributed by atoms with van der Waals surface area (Å²) in [7, 11) is 3.75. The highest BCUT2D eigenvalue weighted by Crippen LogP contribution is 2.58. The lowest BCUT2D eigenvalue weighted by Gasteiger charge is -2.41. The molecule has 0 radical (unpaired) electrons. The second-order valence-corrected chi connectivity index (χ2v) is 8.10. The number of hydrogen-bond acceptors (Lipinski definition) is 5. The van der Waals surface area contributed by atoms with Crippen LogP contribution >= 0.6 is 12.4 Å². The molecule has 27 heavy (non-hydrogen) atoms. The van der Waals surface area contributed by atoms with Crippen molar-refractivity contribution in [3.63, 3.8) is 0 Å². The van der Waals surface area contributed by atoms with Gasteiger partial charge in [-0.1, -0.05) is 19.9 Å². The Hall–Kier alpha value is -1.56. The van der Waals surface area contributed by atoms with Gasteiger partial charge in [-0.15, -0.1) is 12.4 Å². The van der Waals surface area contributed by atoms with Crippen molar-refractivity contribution in [3.8, 4) is 11.5 Å². The number of rotatable bonds is 3. The second kappa shape index (κ2) is 7.12. The summed E-state index contributed by atoms with van der Waals surface area (Å²) in [4.78, 5) is 15.5. The number of carbonyl (C=O) groups excluding carboxylic acids is 1. The van der Waals surface area contributed by atoms with Gasteiger partial charge in [-0.05, 0) is 37.7 Å². The molecular weight excluding hydrogens is 366 g/mol. The van der Waals surface area contributed by atoms with E-state index in [1.807, 2.05) is 19.9 Å². The summed E-state index contributed by atoms with van der Waals surface area (Å²) in [5.74, 6) is 1.43. The molecule has 2 heterocycles. The number of aliphatic hydroxyl groups excluding tert-OH is 1. The fraction of sp³-hybridized carbons (Fsp3) is 0.571. The quantitative estimate of drug-likeness (QED) is 0.855. The average molecular weight is 394 g/mol. The number of aliphatic hydroxyl groups is 1. The summed E-state index contributed by atoms with van der Waals surface area (Å²) >= 11 is 0. The van der Waals surface area contributed by atoms with Crippen LogP contribution in [0, 0.1) is 5.92 Å². The maximum Gasteiger partial charge on any atom is 0.166 e. The summed E-state index contributed by atoms with van der Waals surface area (Å²) in [5.41, 5.74) is 2.50. The van der Waals surface area contributed by atoms with E-state index >= 15 is 0 Å². The van der Waals surface area contributed by atoms with E-state index in [1.54, 1.807) is 13.2 Å². The maximum absolute atomic E-state index is 13.2. The first kappa shape index (κ1) is 20.2. The minimum atomic E-state index is -0.659. The first-order valence-electron chi connectivity index (χ1n) is 9.38. The largest absolute Gasteiger partial charge is 0.493 e. The van der Waals surface area contributed by atoms with E-state index in [0.29, 0.717) is 12.2 Å². The van der Waals surface area contributed by atoms with Crippen molar-refractivity contribution in [1.29, 1.82) is 0 Å². The minimum Gasteiger partial charge on any atom is -0.493 e. The average Bonchev–Trinajstić information content (AvgIpc) is 2.85. The van der Waals surface area contributed by atoms with Crippen LogP contribution in [0.25, 0.3) is 0 Å². The van der Waals surface area contributed by atoms with Crippen LogP contribution in [0.3, 0.4) is 0 Å². The van der Waals surface area contributed by atoms with Gasteiger partial charge in [-0.2, -0.15) is 0 Å². The fourth-order valence-corrected chi connectivity index (χ4v) is 4.86. The van der Waals surface area contributed by atoms with Crippen molar-refractivity contribution in [2.45, 2.75) is 50.9 Å². The molecule has 5 nitrogen and oxygen atoms in total. The van der Waals surface area contributed by atoms with Gasteiger partial charge in [-0.3, -0.25) is 4.79 Å². The summed E-state index contributed by atoms with van der Waals surface area (Å²) in [6, 6.07) is 4.04. The van der Waals surface area contributed by atoms with E-state index in [2.05, 4.69) is 18.0 Å². The van der Waals surface area contributed by atoms with Crippen LogP contribution in [0.15, 0.2) is 23.8 Å². The Morgan fingerprint density at radius 2 is 2.15 bits per heavy atom. The molecule has 2 aliphatic heterocycles. The van der Waals surface area contributed by atoms with Gasteiger partial charge >= 0.3 is 0 Å². The standard InChI is InChI=1S/C21H27NO4.ClH/c1-12(2)19(24)15-9-14(23)10-17-21(15)7-8-22(3)11-13-5-6-16(25-4)20(26-17)18(13)21;/h5-6,9,12,14,17,23H,7-8,10-11H2,1-4H3;1H/t14-,17-,21+;/m0./s1. The van der Waals surface area contributed by atoms with Gasteiger partial charge in [0, 0.05) is 30.0 Å².